The number of hydrogen-bond donors (Lipinski definition) is 0. The van der Waals surface area contributed by atoms with Gasteiger partial charge >= 0.3 is 0 Å². The second-order valence-corrected chi connectivity index (χ2v) is 23.4. The number of pyridine rings is 1. The summed E-state index contributed by atoms with van der Waals surface area (Å²) in [5, 5.41) is 5.86. The van der Waals surface area contributed by atoms with E-state index < -0.39 is 16.1 Å². The molecule has 0 unspecified atom stereocenters. The van der Waals surface area contributed by atoms with E-state index in [2.05, 4.69) is 67.4 Å². The first-order valence-corrected chi connectivity index (χ1v) is 20.5. The van der Waals surface area contributed by atoms with Crippen molar-refractivity contribution in [3.63, 3.8) is 0 Å². The molecule has 0 radical (unpaired) electrons. The van der Waals surface area contributed by atoms with E-state index in [1.54, 1.807) is 0 Å². The number of fused-ring (bicyclic) bond motifs is 2. The molecule has 7 nitrogen and oxygen atoms in total. The topological polar surface area (TPSA) is 64.8 Å². The van der Waals surface area contributed by atoms with Crippen molar-refractivity contribution in [2.24, 2.45) is 0 Å². The molecular weight excluding hydrogens is 495 g/mol. The lowest BCUT2D eigenvalue weighted by molar-refractivity contribution is 0.0942. The molecule has 0 N–H and O–H groups in total. The molecule has 9 heteroatoms. The number of ether oxygens (including phenoxy) is 2. The highest BCUT2D eigenvalue weighted by atomic mass is 28.3. The summed E-state index contributed by atoms with van der Waals surface area (Å²) in [4.78, 5) is 11.7. The minimum absolute atomic E-state index is 0.447. The summed E-state index contributed by atoms with van der Waals surface area (Å²) >= 11 is 0. The van der Waals surface area contributed by atoms with Gasteiger partial charge in [0, 0.05) is 63.8 Å². The smallest absolute Gasteiger partial charge is 0.165 e. The average molecular weight is 536 g/mol. The molecule has 0 aliphatic heterocycles. The van der Waals surface area contributed by atoms with E-state index >= 15 is 0 Å². The van der Waals surface area contributed by atoms with Gasteiger partial charge in [-0.3, -0.25) is 4.98 Å². The quantitative estimate of drug-likeness (QED) is 0.114. The van der Waals surface area contributed by atoms with Crippen LogP contribution in [0, 0.1) is 6.92 Å². The lowest BCUT2D eigenvalue weighted by Crippen LogP contribution is -2.33. The Kier molecular flexibility index (Phi) is 8.47. The third-order valence-electron chi connectivity index (χ3n) is 6.29. The van der Waals surface area contributed by atoms with Crippen molar-refractivity contribution in [3.05, 3.63) is 54.5 Å². The predicted octanol–water partition coefficient (Wildman–Crippen LogP) is 6.68. The zero-order valence-corrected chi connectivity index (χ0v) is 25.4. The highest BCUT2D eigenvalue weighted by Crippen LogP contribution is 2.29. The third-order valence-corrected chi connectivity index (χ3v) is 9.70. The summed E-state index contributed by atoms with van der Waals surface area (Å²) < 4.78 is 14.2. The monoisotopic (exact) mass is 535 g/mol. The fraction of sp³-hybridized carbons (Fsp3) is 0.464. The Labute approximate surface area is 222 Å². The van der Waals surface area contributed by atoms with Crippen molar-refractivity contribution in [2.75, 3.05) is 31.6 Å². The number of hydrogen-bond acceptors (Lipinski definition) is 6. The van der Waals surface area contributed by atoms with Gasteiger partial charge in [-0.25, -0.2) is 4.98 Å². The van der Waals surface area contributed by atoms with Crippen LogP contribution in [0.25, 0.3) is 27.7 Å². The Morgan fingerprint density at radius 3 is 2.16 bits per heavy atom. The van der Waals surface area contributed by atoms with Gasteiger partial charge in [-0.1, -0.05) is 57.5 Å². The second-order valence-electron chi connectivity index (χ2n) is 12.2. The van der Waals surface area contributed by atoms with Crippen LogP contribution in [0.1, 0.15) is 5.69 Å². The van der Waals surface area contributed by atoms with Crippen LogP contribution in [0.3, 0.4) is 0 Å². The Morgan fingerprint density at radius 2 is 1.51 bits per heavy atom. The first kappa shape index (κ1) is 27.4. The van der Waals surface area contributed by atoms with Gasteiger partial charge in [-0.2, -0.15) is 9.61 Å². The minimum Gasteiger partial charge on any atom is -0.361 e. The molecule has 0 spiro atoms. The van der Waals surface area contributed by atoms with E-state index in [1.807, 2.05) is 42.0 Å². The molecule has 37 heavy (non-hydrogen) atoms. The first-order valence-electron chi connectivity index (χ1n) is 13.1. The molecule has 198 valence electrons. The molecule has 0 fully saturated rings. The van der Waals surface area contributed by atoms with E-state index in [4.69, 9.17) is 19.6 Å². The maximum atomic E-state index is 6.17. The van der Waals surface area contributed by atoms with Crippen molar-refractivity contribution in [2.45, 2.75) is 58.3 Å². The molecule has 0 amide bonds. The Morgan fingerprint density at radius 1 is 0.865 bits per heavy atom. The summed E-state index contributed by atoms with van der Waals surface area (Å²) in [5.74, 6) is 0.920. The van der Waals surface area contributed by atoms with E-state index in [0.717, 1.165) is 64.5 Å². The maximum Gasteiger partial charge on any atom is 0.165 e. The number of rotatable bonds is 12. The van der Waals surface area contributed by atoms with Gasteiger partial charge < -0.3 is 14.4 Å². The normalized spacial score (nSPS) is 12.5. The zero-order chi connectivity index (χ0) is 26.6. The number of anilines is 1. The number of para-hydroxylation sites is 1. The van der Waals surface area contributed by atoms with E-state index in [-0.39, 0.29) is 0 Å². The summed E-state index contributed by atoms with van der Waals surface area (Å²) in [6.07, 6.45) is 3.78. The molecule has 0 aliphatic rings. The van der Waals surface area contributed by atoms with Crippen molar-refractivity contribution in [1.82, 2.24) is 19.6 Å². The van der Waals surface area contributed by atoms with Crippen LogP contribution in [0.4, 0.5) is 5.82 Å². The van der Waals surface area contributed by atoms with Gasteiger partial charge in [-0.15, -0.1) is 0 Å². The fourth-order valence-corrected chi connectivity index (χ4v) is 5.50. The molecule has 4 aromatic rings. The molecule has 0 bridgehead atoms. The van der Waals surface area contributed by atoms with Gasteiger partial charge in [0.25, 0.3) is 0 Å². The van der Waals surface area contributed by atoms with Gasteiger partial charge in [0.1, 0.15) is 19.3 Å². The van der Waals surface area contributed by atoms with Crippen LogP contribution in [0.5, 0.6) is 0 Å². The maximum absolute atomic E-state index is 6.17. The fourth-order valence-electron chi connectivity index (χ4n) is 3.99. The molecule has 4 rings (SSSR count). The van der Waals surface area contributed by atoms with Crippen molar-refractivity contribution < 1.29 is 9.47 Å². The highest BCUT2D eigenvalue weighted by Gasteiger charge is 2.19. The van der Waals surface area contributed by atoms with Crippen LogP contribution in [0.15, 0.2) is 48.8 Å². The van der Waals surface area contributed by atoms with Crippen LogP contribution in [-0.2, 0) is 9.47 Å². The summed E-state index contributed by atoms with van der Waals surface area (Å²) in [6, 6.07) is 14.6. The van der Waals surface area contributed by atoms with Crippen LogP contribution in [0.2, 0.25) is 51.4 Å². The van der Waals surface area contributed by atoms with E-state index in [9.17, 15) is 0 Å². The van der Waals surface area contributed by atoms with Crippen LogP contribution < -0.4 is 4.90 Å². The lowest BCUT2D eigenvalue weighted by atomic mass is 10.1. The number of benzene rings is 1. The largest absolute Gasteiger partial charge is 0.361 e. The first-order chi connectivity index (χ1) is 17.5. The predicted molar refractivity (Wildman–Crippen MR) is 159 cm³/mol. The van der Waals surface area contributed by atoms with Crippen LogP contribution in [-0.4, -0.2) is 62.4 Å². The molecule has 3 heterocycles. The third kappa shape index (κ3) is 7.47. The van der Waals surface area contributed by atoms with E-state index in [0.29, 0.717) is 13.5 Å². The summed E-state index contributed by atoms with van der Waals surface area (Å²) in [5.41, 5.74) is 4.67. The summed E-state index contributed by atoms with van der Waals surface area (Å²) in [7, 11) is -2.34. The minimum atomic E-state index is -1.17. The van der Waals surface area contributed by atoms with Gasteiger partial charge in [0.15, 0.2) is 5.65 Å². The zero-order valence-electron chi connectivity index (χ0n) is 23.4. The molecule has 0 atom stereocenters. The van der Waals surface area contributed by atoms with Gasteiger partial charge in [-0.05, 0) is 31.1 Å². The molecule has 3 aromatic heterocycles. The molecule has 0 aliphatic carbocycles. The van der Waals surface area contributed by atoms with Crippen molar-refractivity contribution in [3.8, 4) is 11.1 Å². The van der Waals surface area contributed by atoms with Crippen molar-refractivity contribution >= 4 is 38.5 Å². The Hall–Kier alpha value is -2.60. The lowest BCUT2D eigenvalue weighted by Gasteiger charge is -2.26. The highest BCUT2D eigenvalue weighted by molar-refractivity contribution is 6.76. The molecule has 0 saturated heterocycles. The van der Waals surface area contributed by atoms with Gasteiger partial charge in [0.05, 0.1) is 11.7 Å². The van der Waals surface area contributed by atoms with Crippen LogP contribution >= 0.6 is 0 Å². The van der Waals surface area contributed by atoms with Gasteiger partial charge in [0.2, 0.25) is 0 Å². The Balaban J connectivity index is 1.63. The number of nitrogens with zero attached hydrogens (tertiary/aromatic N) is 5. The average Bonchev–Trinajstić information content (AvgIpc) is 3.24. The molecule has 0 saturated carbocycles. The number of aryl methyl sites for hydroxylation is 1. The number of aromatic nitrogens is 4. The molecular formula is C28H41N5O2Si2. The second kappa shape index (κ2) is 11.4. The Bertz CT molecular complexity index is 1320. The van der Waals surface area contributed by atoms with E-state index in [1.165, 1.54) is 0 Å². The SMILES string of the molecule is Cc1cc(N(COCC[Si](C)(C)C)COCC[Si](C)(C)C)n2ncc(-c3cnc4ccccc4c3)c2n1. The standard InChI is InChI=1S/C28H41N5O2Si2/c1-22-16-27(32(20-34-12-14-36(2,3)4)21-35-13-15-37(5,6)7)33-28(31-22)25(19-30-33)24-17-23-10-8-9-11-26(23)29-18-24/h8-11,16-19H,12-15,20-21H2,1-7H3. The van der Waals surface area contributed by atoms with Crippen molar-refractivity contribution in [1.29, 1.82) is 0 Å². The summed E-state index contributed by atoms with van der Waals surface area (Å²) in [6.45, 7) is 18.6. The molecule has 1 aromatic carbocycles.